The predicted molar refractivity (Wildman–Crippen MR) is 151 cm³/mol. The molecule has 0 bridgehead atoms. The van der Waals surface area contributed by atoms with Crippen LogP contribution in [0.25, 0.3) is 6.08 Å². The average Bonchev–Trinajstić information content (AvgIpc) is 3.68. The van der Waals surface area contributed by atoms with Crippen LogP contribution in [0.3, 0.4) is 0 Å². The molecule has 1 heterocycles. The molecule has 4 rings (SSSR count). The number of ether oxygens (including phenoxy) is 2. The third-order valence-corrected chi connectivity index (χ3v) is 7.54. The molecule has 2 unspecified atom stereocenters. The summed E-state index contributed by atoms with van der Waals surface area (Å²) in [6.07, 6.45) is 5.89. The lowest BCUT2D eigenvalue weighted by atomic mass is 10.0. The first-order valence-corrected chi connectivity index (χ1v) is 13.8. The minimum atomic E-state index is -0.515. The van der Waals surface area contributed by atoms with E-state index in [4.69, 9.17) is 9.47 Å². The van der Waals surface area contributed by atoms with Gasteiger partial charge in [0, 0.05) is 37.6 Å². The van der Waals surface area contributed by atoms with E-state index in [1.807, 2.05) is 51.1 Å². The van der Waals surface area contributed by atoms with E-state index in [1.54, 1.807) is 0 Å². The fraction of sp³-hybridized carbons (Fsp3) is 0.500. The van der Waals surface area contributed by atoms with Crippen LogP contribution in [0.1, 0.15) is 68.4 Å². The SMILES string of the molecule is COC(=O)c1ccc(CCN2CCC(N(C(=O)OC(C)(C)C)C3CC3C(C)=Cc3ccccc3)CC2)cc1. The highest BCUT2D eigenvalue weighted by Crippen LogP contribution is 2.44. The highest BCUT2D eigenvalue weighted by Gasteiger charge is 2.48. The minimum Gasteiger partial charge on any atom is -0.465 e. The van der Waals surface area contributed by atoms with E-state index >= 15 is 0 Å². The maximum absolute atomic E-state index is 13.4. The minimum absolute atomic E-state index is 0.179. The second-order valence-electron chi connectivity index (χ2n) is 11.6. The second-order valence-corrected chi connectivity index (χ2v) is 11.6. The molecule has 2 aromatic carbocycles. The molecule has 0 aromatic heterocycles. The number of likely N-dealkylation sites (tertiary alicyclic amines) is 1. The lowest BCUT2D eigenvalue weighted by molar-refractivity contribution is 0.00492. The third-order valence-electron chi connectivity index (χ3n) is 7.54. The van der Waals surface area contributed by atoms with Gasteiger partial charge in [-0.05, 0) is 76.6 Å². The van der Waals surface area contributed by atoms with Gasteiger partial charge in [-0.15, -0.1) is 0 Å². The zero-order valence-electron chi connectivity index (χ0n) is 23.5. The van der Waals surface area contributed by atoms with Crippen LogP contribution in [-0.2, 0) is 15.9 Å². The van der Waals surface area contributed by atoms with Crippen molar-refractivity contribution in [3.05, 3.63) is 76.9 Å². The van der Waals surface area contributed by atoms with Crippen molar-refractivity contribution >= 4 is 18.1 Å². The zero-order valence-corrected chi connectivity index (χ0v) is 23.5. The van der Waals surface area contributed by atoms with E-state index in [-0.39, 0.29) is 24.1 Å². The van der Waals surface area contributed by atoms with Crippen molar-refractivity contribution in [3.8, 4) is 0 Å². The monoisotopic (exact) mass is 518 g/mol. The average molecular weight is 519 g/mol. The molecule has 1 amide bonds. The summed E-state index contributed by atoms with van der Waals surface area (Å²) in [5.41, 5.74) is 3.79. The van der Waals surface area contributed by atoms with E-state index in [2.05, 4.69) is 47.1 Å². The van der Waals surface area contributed by atoms with Crippen LogP contribution in [0.5, 0.6) is 0 Å². The molecule has 0 radical (unpaired) electrons. The van der Waals surface area contributed by atoms with Gasteiger partial charge >= 0.3 is 12.1 Å². The van der Waals surface area contributed by atoms with Crippen LogP contribution in [0.15, 0.2) is 60.2 Å². The first-order valence-electron chi connectivity index (χ1n) is 13.8. The highest BCUT2D eigenvalue weighted by atomic mass is 16.6. The molecular formula is C32H42N2O4. The van der Waals surface area contributed by atoms with Gasteiger partial charge < -0.3 is 19.3 Å². The highest BCUT2D eigenvalue weighted by molar-refractivity contribution is 5.89. The lowest BCUT2D eigenvalue weighted by Gasteiger charge is -2.39. The van der Waals surface area contributed by atoms with E-state index < -0.39 is 5.60 Å². The Morgan fingerprint density at radius 2 is 1.68 bits per heavy atom. The molecule has 1 saturated carbocycles. The smallest absolute Gasteiger partial charge is 0.410 e. The second kappa shape index (κ2) is 12.2. The van der Waals surface area contributed by atoms with Gasteiger partial charge in [-0.3, -0.25) is 0 Å². The Morgan fingerprint density at radius 3 is 2.29 bits per heavy atom. The molecule has 38 heavy (non-hydrogen) atoms. The van der Waals surface area contributed by atoms with Gasteiger partial charge in [-0.2, -0.15) is 0 Å². The van der Waals surface area contributed by atoms with Crippen molar-refractivity contribution in [3.63, 3.8) is 0 Å². The predicted octanol–water partition coefficient (Wildman–Crippen LogP) is 6.21. The zero-order chi connectivity index (χ0) is 27.3. The summed E-state index contributed by atoms with van der Waals surface area (Å²) in [5.74, 6) is 0.0746. The van der Waals surface area contributed by atoms with Crippen LogP contribution in [0, 0.1) is 5.92 Å². The third kappa shape index (κ3) is 7.47. The van der Waals surface area contributed by atoms with Crippen molar-refractivity contribution in [2.24, 2.45) is 5.92 Å². The van der Waals surface area contributed by atoms with Gasteiger partial charge in [0.25, 0.3) is 0 Å². The van der Waals surface area contributed by atoms with Crippen LogP contribution in [0.4, 0.5) is 4.79 Å². The first kappa shape index (κ1) is 27.9. The number of piperidine rings is 1. The largest absolute Gasteiger partial charge is 0.465 e. The molecule has 0 spiro atoms. The molecule has 6 nitrogen and oxygen atoms in total. The quantitative estimate of drug-likeness (QED) is 0.389. The van der Waals surface area contributed by atoms with Crippen LogP contribution >= 0.6 is 0 Å². The van der Waals surface area contributed by atoms with E-state index in [1.165, 1.54) is 23.8 Å². The standard InChI is InChI=1S/C32H42N2O4/c1-23(21-25-9-7-6-8-10-25)28-22-29(28)34(31(36)38-32(2,3)4)27-16-19-33(20-17-27)18-15-24-11-13-26(14-12-24)30(35)37-5/h6-14,21,27-29H,15-20,22H2,1-5H3. The summed E-state index contributed by atoms with van der Waals surface area (Å²) in [6.45, 7) is 10.9. The molecular weight excluding hydrogens is 476 g/mol. The van der Waals surface area contributed by atoms with Crippen molar-refractivity contribution in [1.29, 1.82) is 0 Å². The number of carbonyl (C=O) groups excluding carboxylic acids is 2. The number of nitrogens with zero attached hydrogens (tertiary/aromatic N) is 2. The fourth-order valence-corrected chi connectivity index (χ4v) is 5.40. The van der Waals surface area contributed by atoms with Crippen molar-refractivity contribution in [1.82, 2.24) is 9.80 Å². The lowest BCUT2D eigenvalue weighted by Crippen LogP contribution is -2.50. The molecule has 1 saturated heterocycles. The number of rotatable bonds is 8. The molecule has 6 heteroatoms. The van der Waals surface area contributed by atoms with Gasteiger partial charge in [-0.25, -0.2) is 9.59 Å². The topological polar surface area (TPSA) is 59.1 Å². The number of amides is 1. The van der Waals surface area contributed by atoms with Crippen molar-refractivity contribution in [2.45, 2.75) is 71.1 Å². The van der Waals surface area contributed by atoms with Crippen LogP contribution < -0.4 is 0 Å². The van der Waals surface area contributed by atoms with Gasteiger partial charge in [0.05, 0.1) is 12.7 Å². The van der Waals surface area contributed by atoms with E-state index in [0.29, 0.717) is 11.5 Å². The Bertz CT molecular complexity index is 1110. The number of hydrogen-bond donors (Lipinski definition) is 0. The Hall–Kier alpha value is -3.12. The normalized spacial score (nSPS) is 20.6. The van der Waals surface area contributed by atoms with Crippen LogP contribution in [-0.4, -0.2) is 66.3 Å². The number of carbonyl (C=O) groups is 2. The maximum atomic E-state index is 13.4. The Morgan fingerprint density at radius 1 is 1.03 bits per heavy atom. The molecule has 1 aliphatic carbocycles. The van der Waals surface area contributed by atoms with E-state index in [0.717, 1.165) is 45.3 Å². The molecule has 2 fully saturated rings. The molecule has 204 valence electrons. The van der Waals surface area contributed by atoms with Crippen molar-refractivity contribution in [2.75, 3.05) is 26.7 Å². The Kier molecular flexibility index (Phi) is 8.93. The van der Waals surface area contributed by atoms with Crippen LogP contribution in [0.2, 0.25) is 0 Å². The number of hydrogen-bond acceptors (Lipinski definition) is 5. The van der Waals surface area contributed by atoms with E-state index in [9.17, 15) is 9.59 Å². The van der Waals surface area contributed by atoms with Gasteiger partial charge in [0.15, 0.2) is 0 Å². The van der Waals surface area contributed by atoms with Gasteiger partial charge in [0.2, 0.25) is 0 Å². The van der Waals surface area contributed by atoms with Gasteiger partial charge in [-0.1, -0.05) is 54.1 Å². The van der Waals surface area contributed by atoms with Crippen molar-refractivity contribution < 1.29 is 19.1 Å². The summed E-state index contributed by atoms with van der Waals surface area (Å²) < 4.78 is 10.7. The number of esters is 1. The van der Waals surface area contributed by atoms with Gasteiger partial charge in [0.1, 0.15) is 5.60 Å². The summed E-state index contributed by atoms with van der Waals surface area (Å²) in [5, 5.41) is 0. The Labute approximate surface area is 227 Å². The maximum Gasteiger partial charge on any atom is 0.410 e. The molecule has 0 N–H and O–H groups in total. The fourth-order valence-electron chi connectivity index (χ4n) is 5.40. The summed E-state index contributed by atoms with van der Waals surface area (Å²) in [6, 6.07) is 18.4. The summed E-state index contributed by atoms with van der Waals surface area (Å²) >= 11 is 0. The summed E-state index contributed by atoms with van der Waals surface area (Å²) in [7, 11) is 1.40. The molecule has 2 atom stereocenters. The Balaban J connectivity index is 1.35. The number of methoxy groups -OCH3 is 1. The molecule has 1 aliphatic heterocycles. The molecule has 2 aromatic rings. The molecule has 2 aliphatic rings. The first-order chi connectivity index (χ1) is 18.1. The number of benzene rings is 2. The summed E-state index contributed by atoms with van der Waals surface area (Å²) in [4.78, 5) is 29.6.